The normalized spacial score (nSPS) is 13.7. The second-order valence-electron chi connectivity index (χ2n) is 11.5. The first-order chi connectivity index (χ1) is 21.8. The fourth-order valence-electron chi connectivity index (χ4n) is 5.72. The molecule has 2 heterocycles. The number of rotatable bonds is 9. The molecule has 0 radical (unpaired) electrons. The number of carbonyl (C=O) groups excluding carboxylic acids is 1. The molecule has 5 aromatic rings. The zero-order valence-electron chi connectivity index (χ0n) is 25.1. The number of halogens is 1. The summed E-state index contributed by atoms with van der Waals surface area (Å²) in [6, 6.07) is 26.6. The predicted molar refractivity (Wildman–Crippen MR) is 182 cm³/mol. The summed E-state index contributed by atoms with van der Waals surface area (Å²) in [6.07, 6.45) is 2.07. The maximum absolute atomic E-state index is 12.8. The lowest BCUT2D eigenvalue weighted by atomic mass is 9.97. The largest absolute Gasteiger partial charge is 0.489 e. The van der Waals surface area contributed by atoms with E-state index in [0.717, 1.165) is 57.9 Å². The van der Waals surface area contributed by atoms with Gasteiger partial charge in [0.05, 0.1) is 16.6 Å². The van der Waals surface area contributed by atoms with Crippen molar-refractivity contribution < 1.29 is 19.4 Å². The quantitative estimate of drug-likeness (QED) is 0.168. The Morgan fingerprint density at radius 3 is 2.33 bits per heavy atom. The van der Waals surface area contributed by atoms with E-state index in [1.165, 1.54) is 0 Å². The highest BCUT2D eigenvalue weighted by molar-refractivity contribution is 7.99. The maximum atomic E-state index is 12.8. The average Bonchev–Trinajstić information content (AvgIpc) is 3.43. The van der Waals surface area contributed by atoms with Crippen LogP contribution in [0.4, 0.5) is 0 Å². The molecule has 230 valence electrons. The summed E-state index contributed by atoms with van der Waals surface area (Å²) in [6.45, 7) is 4.13. The van der Waals surface area contributed by atoms with Crippen molar-refractivity contribution in [3.63, 3.8) is 0 Å². The summed E-state index contributed by atoms with van der Waals surface area (Å²) in [7, 11) is 0. The average molecular weight is 640 g/mol. The van der Waals surface area contributed by atoms with Gasteiger partial charge < -0.3 is 19.7 Å². The van der Waals surface area contributed by atoms with Crippen LogP contribution in [0.5, 0.6) is 5.75 Å². The summed E-state index contributed by atoms with van der Waals surface area (Å²) in [5.74, 6) is 2.58. The number of ether oxygens (including phenoxy) is 1. The van der Waals surface area contributed by atoms with Crippen molar-refractivity contribution in [3.05, 3.63) is 107 Å². The molecule has 9 heteroatoms. The molecule has 0 unspecified atom stereocenters. The molecule has 0 aliphatic carbocycles. The van der Waals surface area contributed by atoms with Gasteiger partial charge in [0, 0.05) is 28.2 Å². The minimum absolute atomic E-state index is 0.0241. The van der Waals surface area contributed by atoms with Gasteiger partial charge in [0.2, 0.25) is 0 Å². The van der Waals surface area contributed by atoms with Crippen LogP contribution in [0.25, 0.3) is 33.5 Å². The number of imidazole rings is 1. The first kappa shape index (κ1) is 30.7. The van der Waals surface area contributed by atoms with E-state index < -0.39 is 5.97 Å². The Kier molecular flexibility index (Phi) is 9.14. The summed E-state index contributed by atoms with van der Waals surface area (Å²) in [5.41, 5.74) is 6.18. The Hall–Kier alpha value is -4.27. The van der Waals surface area contributed by atoms with Crippen molar-refractivity contribution in [1.29, 1.82) is 0 Å². The van der Waals surface area contributed by atoms with Gasteiger partial charge in [0.25, 0.3) is 5.91 Å². The number of amides is 1. The number of aromatic nitrogens is 2. The summed E-state index contributed by atoms with van der Waals surface area (Å²) >= 11 is 8.10. The van der Waals surface area contributed by atoms with Gasteiger partial charge in [0.1, 0.15) is 18.2 Å². The molecule has 7 nitrogen and oxygen atoms in total. The number of nitrogens with one attached hydrogen (secondary N) is 1. The fraction of sp³-hybridized carbons (Fsp3) is 0.250. The number of carboxylic acid groups (broad SMARTS) is 1. The van der Waals surface area contributed by atoms with E-state index in [-0.39, 0.29) is 24.1 Å². The first-order valence-corrected chi connectivity index (χ1v) is 16.6. The van der Waals surface area contributed by atoms with Gasteiger partial charge in [0.15, 0.2) is 0 Å². The van der Waals surface area contributed by atoms with Gasteiger partial charge in [-0.15, -0.1) is 0 Å². The number of hydrogen-bond donors (Lipinski definition) is 2. The Morgan fingerprint density at radius 1 is 0.956 bits per heavy atom. The number of carbonyl (C=O) groups is 2. The van der Waals surface area contributed by atoms with Crippen LogP contribution in [0.15, 0.2) is 84.9 Å². The molecule has 45 heavy (non-hydrogen) atoms. The highest BCUT2D eigenvalue weighted by Gasteiger charge is 2.23. The van der Waals surface area contributed by atoms with E-state index in [0.29, 0.717) is 27.9 Å². The fourth-order valence-corrected chi connectivity index (χ4v) is 6.93. The van der Waals surface area contributed by atoms with Crippen molar-refractivity contribution in [2.45, 2.75) is 45.4 Å². The first-order valence-electron chi connectivity index (χ1n) is 15.0. The van der Waals surface area contributed by atoms with Crippen LogP contribution in [0.3, 0.4) is 0 Å². The standard InChI is InChI=1S/C36H34ClN3O4S/c1-22(2)38-35(41)25-7-13-31(23-3-9-28(37)10-4-23)27(19-25)21-44-30-11-5-24(6-12-30)34-39-32-20-26(36(42)43)8-14-33(32)40(34)29-15-17-45-18-16-29/h3-14,19-20,22,29H,15-18,21H2,1-2H3,(H,38,41)(H,42,43). The third-order valence-electron chi connectivity index (χ3n) is 7.94. The van der Waals surface area contributed by atoms with E-state index >= 15 is 0 Å². The SMILES string of the molecule is CC(C)NC(=O)c1ccc(-c2ccc(Cl)cc2)c(COc2ccc(-c3nc4cc(C(=O)O)ccc4n3C3CCSCC3)cc2)c1. The number of thioether (sulfide) groups is 1. The number of hydrogen-bond acceptors (Lipinski definition) is 5. The molecular weight excluding hydrogens is 606 g/mol. The van der Waals surface area contributed by atoms with Crippen LogP contribution >= 0.6 is 23.4 Å². The smallest absolute Gasteiger partial charge is 0.335 e. The third-order valence-corrected chi connectivity index (χ3v) is 9.24. The monoisotopic (exact) mass is 639 g/mol. The summed E-state index contributed by atoms with van der Waals surface area (Å²) < 4.78 is 8.56. The number of benzene rings is 4. The third kappa shape index (κ3) is 6.87. The van der Waals surface area contributed by atoms with E-state index in [9.17, 15) is 14.7 Å². The van der Waals surface area contributed by atoms with Gasteiger partial charge in [-0.05, 0) is 122 Å². The second-order valence-corrected chi connectivity index (χ2v) is 13.1. The molecule has 0 bridgehead atoms. The molecule has 1 aliphatic rings. The number of carboxylic acids is 1. The topological polar surface area (TPSA) is 93.4 Å². The van der Waals surface area contributed by atoms with Crippen LogP contribution < -0.4 is 10.1 Å². The van der Waals surface area contributed by atoms with Crippen LogP contribution in [0, 0.1) is 0 Å². The van der Waals surface area contributed by atoms with E-state index in [1.54, 1.807) is 12.1 Å². The van der Waals surface area contributed by atoms with Crippen molar-refractivity contribution in [1.82, 2.24) is 14.9 Å². The Labute approximate surface area is 271 Å². The zero-order valence-corrected chi connectivity index (χ0v) is 26.7. The molecule has 0 atom stereocenters. The van der Waals surface area contributed by atoms with Crippen LogP contribution in [0.2, 0.25) is 5.02 Å². The van der Waals surface area contributed by atoms with Gasteiger partial charge in [-0.25, -0.2) is 9.78 Å². The molecular formula is C36H34ClN3O4S. The van der Waals surface area contributed by atoms with Crippen molar-refractivity contribution in [2.24, 2.45) is 0 Å². The molecule has 1 amide bonds. The molecule has 6 rings (SSSR count). The molecule has 2 N–H and O–H groups in total. The minimum Gasteiger partial charge on any atom is -0.489 e. The Morgan fingerprint density at radius 2 is 1.64 bits per heavy atom. The number of nitrogens with zero attached hydrogens (tertiary/aromatic N) is 2. The summed E-state index contributed by atoms with van der Waals surface area (Å²) in [5, 5.41) is 13.2. The van der Waals surface area contributed by atoms with Crippen molar-refractivity contribution in [3.8, 4) is 28.3 Å². The van der Waals surface area contributed by atoms with Crippen LogP contribution in [0.1, 0.15) is 59.0 Å². The van der Waals surface area contributed by atoms with E-state index in [4.69, 9.17) is 21.3 Å². The molecule has 1 saturated heterocycles. The highest BCUT2D eigenvalue weighted by Crippen LogP contribution is 2.36. The van der Waals surface area contributed by atoms with Crippen LogP contribution in [-0.4, -0.2) is 44.1 Å². The molecule has 1 fully saturated rings. The molecule has 4 aromatic carbocycles. The van der Waals surface area contributed by atoms with Crippen LogP contribution in [-0.2, 0) is 6.61 Å². The maximum Gasteiger partial charge on any atom is 0.335 e. The Bertz CT molecular complexity index is 1850. The molecule has 0 saturated carbocycles. The zero-order chi connectivity index (χ0) is 31.5. The molecule has 1 aliphatic heterocycles. The lowest BCUT2D eigenvalue weighted by Gasteiger charge is -2.25. The lowest BCUT2D eigenvalue weighted by Crippen LogP contribution is -2.30. The highest BCUT2D eigenvalue weighted by atomic mass is 35.5. The Balaban J connectivity index is 1.29. The van der Waals surface area contributed by atoms with Crippen molar-refractivity contribution >= 4 is 46.3 Å². The predicted octanol–water partition coefficient (Wildman–Crippen LogP) is 8.51. The lowest BCUT2D eigenvalue weighted by molar-refractivity contribution is 0.0696. The second kappa shape index (κ2) is 13.4. The van der Waals surface area contributed by atoms with Gasteiger partial charge >= 0.3 is 5.97 Å². The van der Waals surface area contributed by atoms with Gasteiger partial charge in [-0.2, -0.15) is 11.8 Å². The number of fused-ring (bicyclic) bond motifs is 1. The molecule has 1 aromatic heterocycles. The summed E-state index contributed by atoms with van der Waals surface area (Å²) in [4.78, 5) is 29.4. The number of aromatic carboxylic acids is 1. The van der Waals surface area contributed by atoms with E-state index in [1.807, 2.05) is 98.4 Å². The minimum atomic E-state index is -0.964. The van der Waals surface area contributed by atoms with Gasteiger partial charge in [-0.1, -0.05) is 29.8 Å². The van der Waals surface area contributed by atoms with Gasteiger partial charge in [-0.3, -0.25) is 4.79 Å². The molecule has 0 spiro atoms. The van der Waals surface area contributed by atoms with E-state index in [2.05, 4.69) is 9.88 Å². The van der Waals surface area contributed by atoms with Crippen molar-refractivity contribution in [2.75, 3.05) is 11.5 Å².